The molecule has 0 saturated heterocycles. The van der Waals surface area contributed by atoms with E-state index < -0.39 is 5.97 Å². The monoisotopic (exact) mass is 424 g/mol. The number of rotatable bonds is 10. The predicted molar refractivity (Wildman–Crippen MR) is 113 cm³/mol. The molecule has 0 aliphatic carbocycles. The molecule has 2 rings (SSSR count). The highest BCUT2D eigenvalue weighted by molar-refractivity contribution is 6.31. The predicted octanol–water partition coefficient (Wildman–Crippen LogP) is 5.56. The lowest BCUT2D eigenvalue weighted by atomic mass is 10.2. The van der Waals surface area contributed by atoms with Gasteiger partial charge in [0.05, 0.1) is 26.0 Å². The molecule has 0 radical (unpaired) electrons. The average Bonchev–Trinajstić information content (AvgIpc) is 2.99. The number of unbranched alkanes of at least 4 members (excludes halogenated alkanes) is 2. The van der Waals surface area contributed by atoms with Crippen molar-refractivity contribution in [1.82, 2.24) is 9.55 Å². The maximum atomic E-state index is 11.4. The van der Waals surface area contributed by atoms with Crippen molar-refractivity contribution in [2.24, 2.45) is 0 Å². The highest BCUT2D eigenvalue weighted by Crippen LogP contribution is 2.27. The van der Waals surface area contributed by atoms with E-state index in [1.807, 2.05) is 29.7 Å². The molecule has 0 spiro atoms. The fourth-order valence-corrected chi connectivity index (χ4v) is 3.25. The third-order valence-electron chi connectivity index (χ3n) is 4.31. The molecule has 1 aromatic heterocycles. The van der Waals surface area contributed by atoms with Gasteiger partial charge in [-0.05, 0) is 30.2 Å². The van der Waals surface area contributed by atoms with E-state index >= 15 is 0 Å². The highest BCUT2D eigenvalue weighted by atomic mass is 35.5. The van der Waals surface area contributed by atoms with Crippen LogP contribution in [0.4, 0.5) is 0 Å². The van der Waals surface area contributed by atoms with E-state index in [1.165, 1.54) is 13.2 Å². The number of esters is 1. The fraction of sp³-hybridized carbons (Fsp3) is 0.429. The summed E-state index contributed by atoms with van der Waals surface area (Å²) in [4.78, 5) is 15.8. The number of imidazole rings is 1. The molecule has 152 valence electrons. The average molecular weight is 425 g/mol. The zero-order valence-electron chi connectivity index (χ0n) is 16.5. The molecule has 0 fully saturated rings. The lowest BCUT2D eigenvalue weighted by molar-refractivity contribution is -0.134. The Morgan fingerprint density at radius 3 is 2.68 bits per heavy atom. The number of halogens is 2. The zero-order chi connectivity index (χ0) is 20.5. The van der Waals surface area contributed by atoms with E-state index in [0.717, 1.165) is 36.4 Å². The second-order valence-electron chi connectivity index (χ2n) is 6.31. The van der Waals surface area contributed by atoms with Gasteiger partial charge in [0.2, 0.25) is 0 Å². The molecule has 2 aromatic rings. The van der Waals surface area contributed by atoms with Crippen LogP contribution in [0.5, 0.6) is 5.75 Å². The van der Waals surface area contributed by atoms with Crippen LogP contribution in [0.15, 0.2) is 24.3 Å². The third kappa shape index (κ3) is 6.01. The number of nitrogens with zero attached hydrogens (tertiary/aromatic N) is 2. The summed E-state index contributed by atoms with van der Waals surface area (Å²) in [6.45, 7) is 5.33. The Morgan fingerprint density at radius 1 is 1.25 bits per heavy atom. The van der Waals surface area contributed by atoms with Crippen molar-refractivity contribution in [3.63, 3.8) is 0 Å². The van der Waals surface area contributed by atoms with E-state index in [1.54, 1.807) is 6.08 Å². The minimum absolute atomic E-state index is 0.337. The quantitative estimate of drug-likeness (QED) is 0.284. The van der Waals surface area contributed by atoms with E-state index in [2.05, 4.69) is 16.6 Å². The van der Waals surface area contributed by atoms with Crippen molar-refractivity contribution in [1.29, 1.82) is 0 Å². The lowest BCUT2D eigenvalue weighted by Crippen LogP contribution is -2.07. The van der Waals surface area contributed by atoms with Gasteiger partial charge in [0.1, 0.15) is 11.6 Å². The second-order valence-corrected chi connectivity index (χ2v) is 7.07. The molecule has 0 amide bonds. The van der Waals surface area contributed by atoms with E-state index in [0.29, 0.717) is 35.4 Å². The van der Waals surface area contributed by atoms with Gasteiger partial charge in [-0.25, -0.2) is 9.78 Å². The van der Waals surface area contributed by atoms with Gasteiger partial charge >= 0.3 is 5.97 Å². The first-order valence-electron chi connectivity index (χ1n) is 9.42. The molecule has 5 nitrogen and oxygen atoms in total. The number of carbonyl (C=O) groups excluding carboxylic acids is 1. The molecule has 0 aliphatic rings. The Hall–Kier alpha value is -1.98. The minimum atomic E-state index is -0.454. The fourth-order valence-electron chi connectivity index (χ4n) is 2.76. The number of hydrogen-bond acceptors (Lipinski definition) is 4. The second kappa shape index (κ2) is 11.1. The van der Waals surface area contributed by atoms with Gasteiger partial charge in [0, 0.05) is 17.5 Å². The van der Waals surface area contributed by atoms with Crippen molar-refractivity contribution in [3.05, 3.63) is 51.5 Å². The molecule has 7 heteroatoms. The van der Waals surface area contributed by atoms with Crippen LogP contribution in [0.2, 0.25) is 10.2 Å². The molecule has 0 bridgehead atoms. The number of aryl methyl sites for hydroxylation is 1. The summed E-state index contributed by atoms with van der Waals surface area (Å²) in [5.41, 5.74) is 1.55. The van der Waals surface area contributed by atoms with Crippen LogP contribution < -0.4 is 4.74 Å². The lowest BCUT2D eigenvalue weighted by Gasteiger charge is -2.13. The van der Waals surface area contributed by atoms with Crippen LogP contribution in [0, 0.1) is 0 Å². The van der Waals surface area contributed by atoms with Gasteiger partial charge in [-0.2, -0.15) is 0 Å². The smallest absolute Gasteiger partial charge is 0.330 e. The van der Waals surface area contributed by atoms with Crippen LogP contribution in [-0.4, -0.2) is 29.2 Å². The Kier molecular flexibility index (Phi) is 8.87. The number of ether oxygens (including phenoxy) is 2. The SMILES string of the molecule is CCCCCOc1ccc(Cn2c(CC)nc(Cl)c2C=CC(=O)OC)c(Cl)c1. The van der Waals surface area contributed by atoms with Crippen molar-refractivity contribution in [3.8, 4) is 5.75 Å². The number of hydrogen-bond donors (Lipinski definition) is 0. The molecular weight excluding hydrogens is 399 g/mol. The van der Waals surface area contributed by atoms with Crippen LogP contribution in [-0.2, 0) is 22.5 Å². The highest BCUT2D eigenvalue weighted by Gasteiger charge is 2.15. The number of benzene rings is 1. The van der Waals surface area contributed by atoms with E-state index in [9.17, 15) is 4.79 Å². The summed E-state index contributed by atoms with van der Waals surface area (Å²) in [6.07, 6.45) is 6.96. The molecule has 0 N–H and O–H groups in total. The van der Waals surface area contributed by atoms with Gasteiger partial charge in [0.15, 0.2) is 5.15 Å². The third-order valence-corrected chi connectivity index (χ3v) is 4.94. The molecular formula is C21H26Cl2N2O3. The van der Waals surface area contributed by atoms with Gasteiger partial charge in [-0.3, -0.25) is 0 Å². The summed E-state index contributed by atoms with van der Waals surface area (Å²) in [6, 6.07) is 5.69. The minimum Gasteiger partial charge on any atom is -0.494 e. The maximum absolute atomic E-state index is 11.4. The summed E-state index contributed by atoms with van der Waals surface area (Å²) in [5, 5.41) is 0.951. The Labute approximate surface area is 176 Å². The molecule has 0 unspecified atom stereocenters. The molecule has 1 heterocycles. The summed E-state index contributed by atoms with van der Waals surface area (Å²) in [7, 11) is 1.33. The number of carbonyl (C=O) groups is 1. The molecule has 28 heavy (non-hydrogen) atoms. The molecule has 0 saturated carbocycles. The zero-order valence-corrected chi connectivity index (χ0v) is 18.0. The van der Waals surface area contributed by atoms with Gasteiger partial charge in [0.25, 0.3) is 0 Å². The molecule has 1 aromatic carbocycles. The van der Waals surface area contributed by atoms with E-state index in [4.69, 9.17) is 27.9 Å². The standard InChI is InChI=1S/C21H26Cl2N2O3/c1-4-6-7-12-28-16-9-8-15(17(22)13-16)14-25-18(10-11-20(26)27-3)21(23)24-19(25)5-2/h8-11,13H,4-7,12,14H2,1-3H3. The van der Waals surface area contributed by atoms with Gasteiger partial charge < -0.3 is 14.0 Å². The topological polar surface area (TPSA) is 53.4 Å². The van der Waals surface area contributed by atoms with Gasteiger partial charge in [-0.1, -0.05) is 56.0 Å². The summed E-state index contributed by atoms with van der Waals surface area (Å²) < 4.78 is 12.4. The summed E-state index contributed by atoms with van der Waals surface area (Å²) >= 11 is 12.8. The first-order chi connectivity index (χ1) is 13.5. The summed E-state index contributed by atoms with van der Waals surface area (Å²) in [5.74, 6) is 1.12. The number of aromatic nitrogens is 2. The first kappa shape index (κ1) is 22.3. The van der Waals surface area contributed by atoms with Crippen LogP contribution in [0.1, 0.15) is 50.2 Å². The van der Waals surface area contributed by atoms with Crippen LogP contribution in [0.3, 0.4) is 0 Å². The van der Waals surface area contributed by atoms with Gasteiger partial charge in [-0.15, -0.1) is 0 Å². The van der Waals surface area contributed by atoms with Crippen molar-refractivity contribution in [2.75, 3.05) is 13.7 Å². The Bertz CT molecular complexity index is 831. The number of methoxy groups -OCH3 is 1. The van der Waals surface area contributed by atoms with Crippen molar-refractivity contribution in [2.45, 2.75) is 46.1 Å². The largest absolute Gasteiger partial charge is 0.494 e. The molecule has 0 aliphatic heterocycles. The van der Waals surface area contributed by atoms with Crippen molar-refractivity contribution < 1.29 is 14.3 Å². The first-order valence-corrected chi connectivity index (χ1v) is 10.2. The normalized spacial score (nSPS) is 11.2. The maximum Gasteiger partial charge on any atom is 0.330 e. The van der Waals surface area contributed by atoms with Crippen molar-refractivity contribution >= 4 is 35.2 Å². The Balaban J connectivity index is 2.22. The Morgan fingerprint density at radius 2 is 2.04 bits per heavy atom. The van der Waals surface area contributed by atoms with Crippen LogP contribution >= 0.6 is 23.2 Å². The van der Waals surface area contributed by atoms with E-state index in [-0.39, 0.29) is 0 Å². The molecule has 0 atom stereocenters. The van der Waals surface area contributed by atoms with Crippen LogP contribution in [0.25, 0.3) is 6.08 Å².